The number of alkyl halides is 3. The van der Waals surface area contributed by atoms with Gasteiger partial charge in [-0.1, -0.05) is 0 Å². The van der Waals surface area contributed by atoms with E-state index in [-0.39, 0.29) is 18.2 Å². The minimum atomic E-state index is -4.49. The number of halogens is 3. The fourth-order valence-corrected chi connectivity index (χ4v) is 2.77. The van der Waals surface area contributed by atoms with E-state index in [1.54, 1.807) is 27.0 Å². The third-order valence-corrected chi connectivity index (χ3v) is 4.34. The van der Waals surface area contributed by atoms with Gasteiger partial charge in [0, 0.05) is 36.6 Å². The molecule has 1 N–H and O–H groups in total. The molecule has 8 nitrogen and oxygen atoms in total. The molecule has 3 aromatic heterocycles. The summed E-state index contributed by atoms with van der Waals surface area (Å²) in [6, 6.07) is 3.78. The molecule has 0 saturated heterocycles. The maximum absolute atomic E-state index is 12.9. The van der Waals surface area contributed by atoms with Crippen molar-refractivity contribution in [2.45, 2.75) is 26.1 Å². The van der Waals surface area contributed by atoms with E-state index in [0.29, 0.717) is 17.0 Å². The Hall–Kier alpha value is -3.63. The Morgan fingerprint density at radius 2 is 2.10 bits per heavy atom. The summed E-state index contributed by atoms with van der Waals surface area (Å²) in [7, 11) is 1.66. The van der Waals surface area contributed by atoms with E-state index in [1.807, 2.05) is 0 Å². The molecule has 3 rings (SSSR count). The van der Waals surface area contributed by atoms with Crippen LogP contribution in [0.25, 0.3) is 6.08 Å². The average Bonchev–Trinajstić information content (AvgIpc) is 3.29. The number of hydrogen-bond donors (Lipinski definition) is 1. The first kappa shape index (κ1) is 22.1. The fourth-order valence-electron chi connectivity index (χ4n) is 2.77. The van der Waals surface area contributed by atoms with Crippen LogP contribution in [0.4, 0.5) is 13.2 Å². The summed E-state index contributed by atoms with van der Waals surface area (Å²) in [6.07, 6.45) is -0.283. The fraction of sp³-hybridized carbons (Fsp3) is 0.300. The van der Waals surface area contributed by atoms with Gasteiger partial charge in [0.05, 0.1) is 29.8 Å². The molecule has 0 fully saturated rings. The Bertz CT molecular complexity index is 1070. The van der Waals surface area contributed by atoms with Crippen molar-refractivity contribution in [1.29, 1.82) is 0 Å². The van der Waals surface area contributed by atoms with Gasteiger partial charge in [-0.15, -0.1) is 5.10 Å². The largest absolute Gasteiger partial charge is 0.463 e. The third-order valence-electron chi connectivity index (χ3n) is 4.34. The van der Waals surface area contributed by atoms with Crippen LogP contribution in [0.5, 0.6) is 5.88 Å². The standard InChI is InChI=1S/C20H20F3N5O3/c1-4-30-18(29)8-6-14-9-17(27-28(14)3)31-19(15-11-25-26-12(15)2)16-7-5-13(10-24-16)20(21,22)23/h5-11,19H,4H2,1-3H3,(H,25,26). The van der Waals surface area contributed by atoms with Crippen molar-refractivity contribution in [3.05, 3.63) is 64.9 Å². The molecule has 0 spiro atoms. The van der Waals surface area contributed by atoms with E-state index in [4.69, 9.17) is 9.47 Å². The van der Waals surface area contributed by atoms with Gasteiger partial charge >= 0.3 is 12.1 Å². The van der Waals surface area contributed by atoms with Crippen LogP contribution in [0, 0.1) is 6.92 Å². The maximum Gasteiger partial charge on any atom is 0.417 e. The molecule has 0 radical (unpaired) electrons. The number of aromatic nitrogens is 5. The van der Waals surface area contributed by atoms with Gasteiger partial charge in [0.1, 0.15) is 0 Å². The average molecular weight is 435 g/mol. The summed E-state index contributed by atoms with van der Waals surface area (Å²) in [5.41, 5.74) is 1.23. The predicted molar refractivity (Wildman–Crippen MR) is 104 cm³/mol. The van der Waals surface area contributed by atoms with Crippen molar-refractivity contribution in [3.8, 4) is 5.88 Å². The van der Waals surface area contributed by atoms with Crippen molar-refractivity contribution in [2.75, 3.05) is 6.61 Å². The molecule has 0 amide bonds. The van der Waals surface area contributed by atoms with Crippen LogP contribution in [0.2, 0.25) is 0 Å². The molecule has 3 aromatic rings. The Balaban J connectivity index is 1.90. The summed E-state index contributed by atoms with van der Waals surface area (Å²) in [5.74, 6) is -0.301. The van der Waals surface area contributed by atoms with Crippen molar-refractivity contribution in [3.63, 3.8) is 0 Å². The van der Waals surface area contributed by atoms with Crippen LogP contribution < -0.4 is 4.74 Å². The van der Waals surface area contributed by atoms with Crippen molar-refractivity contribution in [2.24, 2.45) is 7.05 Å². The van der Waals surface area contributed by atoms with E-state index in [1.165, 1.54) is 29.1 Å². The number of carbonyl (C=O) groups is 1. The highest BCUT2D eigenvalue weighted by molar-refractivity contribution is 5.86. The first-order valence-electron chi connectivity index (χ1n) is 9.27. The van der Waals surface area contributed by atoms with E-state index >= 15 is 0 Å². The van der Waals surface area contributed by atoms with Crippen LogP contribution in [0.15, 0.2) is 36.7 Å². The molecule has 0 aliphatic rings. The molecule has 0 aliphatic heterocycles. The zero-order valence-electron chi connectivity index (χ0n) is 17.0. The van der Waals surface area contributed by atoms with E-state index in [9.17, 15) is 18.0 Å². The summed E-state index contributed by atoms with van der Waals surface area (Å²) < 4.78 is 51.0. The number of rotatable bonds is 7. The molecule has 11 heteroatoms. The highest BCUT2D eigenvalue weighted by Gasteiger charge is 2.31. The minimum Gasteiger partial charge on any atom is -0.463 e. The number of pyridine rings is 1. The van der Waals surface area contributed by atoms with Crippen LogP contribution >= 0.6 is 0 Å². The van der Waals surface area contributed by atoms with Gasteiger partial charge in [0.2, 0.25) is 5.88 Å². The quantitative estimate of drug-likeness (QED) is 0.450. The second-order valence-corrected chi connectivity index (χ2v) is 6.53. The maximum atomic E-state index is 12.9. The molecule has 0 bridgehead atoms. The van der Waals surface area contributed by atoms with Gasteiger partial charge in [-0.05, 0) is 32.1 Å². The first-order valence-corrected chi connectivity index (χ1v) is 9.27. The minimum absolute atomic E-state index is 0.193. The lowest BCUT2D eigenvalue weighted by molar-refractivity contribution is -0.138. The van der Waals surface area contributed by atoms with Gasteiger partial charge in [0.15, 0.2) is 6.10 Å². The smallest absolute Gasteiger partial charge is 0.417 e. The van der Waals surface area contributed by atoms with Gasteiger partial charge in [-0.3, -0.25) is 14.8 Å². The third kappa shape index (κ3) is 5.30. The number of aromatic amines is 1. The van der Waals surface area contributed by atoms with Crippen LogP contribution in [-0.4, -0.2) is 37.5 Å². The normalized spacial score (nSPS) is 12.8. The zero-order valence-corrected chi connectivity index (χ0v) is 17.0. The van der Waals surface area contributed by atoms with E-state index < -0.39 is 23.8 Å². The van der Waals surface area contributed by atoms with Crippen LogP contribution in [-0.2, 0) is 22.8 Å². The summed E-state index contributed by atoms with van der Waals surface area (Å²) >= 11 is 0. The Morgan fingerprint density at radius 3 is 2.68 bits per heavy atom. The number of esters is 1. The van der Waals surface area contributed by atoms with Gasteiger partial charge in [-0.2, -0.15) is 18.3 Å². The van der Waals surface area contributed by atoms with Crippen LogP contribution in [0.3, 0.4) is 0 Å². The Kier molecular flexibility index (Phi) is 6.42. The molecule has 3 heterocycles. The summed E-state index contributed by atoms with van der Waals surface area (Å²) in [5, 5.41) is 11.0. The zero-order chi connectivity index (χ0) is 22.6. The van der Waals surface area contributed by atoms with E-state index in [2.05, 4.69) is 20.3 Å². The number of nitrogens with one attached hydrogen (secondary N) is 1. The van der Waals surface area contributed by atoms with Crippen molar-refractivity contribution >= 4 is 12.0 Å². The number of carbonyl (C=O) groups excluding carboxylic acids is 1. The van der Waals surface area contributed by atoms with Crippen molar-refractivity contribution in [1.82, 2.24) is 25.0 Å². The highest BCUT2D eigenvalue weighted by Crippen LogP contribution is 2.32. The Morgan fingerprint density at radius 1 is 1.32 bits per heavy atom. The first-order chi connectivity index (χ1) is 14.7. The molecule has 0 aromatic carbocycles. The summed E-state index contributed by atoms with van der Waals surface area (Å²) in [4.78, 5) is 15.5. The molecular formula is C20H20F3N5O3. The van der Waals surface area contributed by atoms with E-state index in [0.717, 1.165) is 12.3 Å². The molecule has 31 heavy (non-hydrogen) atoms. The molecule has 164 valence electrons. The molecule has 1 atom stereocenters. The number of H-pyrrole nitrogens is 1. The van der Waals surface area contributed by atoms with Gasteiger partial charge < -0.3 is 9.47 Å². The van der Waals surface area contributed by atoms with Crippen LogP contribution in [0.1, 0.15) is 41.2 Å². The Labute approximate surface area is 175 Å². The molecular weight excluding hydrogens is 415 g/mol. The predicted octanol–water partition coefficient (Wildman–Crippen LogP) is 3.61. The topological polar surface area (TPSA) is 94.9 Å². The van der Waals surface area contributed by atoms with Gasteiger partial charge in [0.25, 0.3) is 0 Å². The number of aryl methyl sites for hydroxylation is 2. The number of nitrogens with zero attached hydrogens (tertiary/aromatic N) is 4. The lowest BCUT2D eigenvalue weighted by Gasteiger charge is -2.17. The lowest BCUT2D eigenvalue weighted by atomic mass is 10.1. The van der Waals surface area contributed by atoms with Crippen molar-refractivity contribution < 1.29 is 27.4 Å². The monoisotopic (exact) mass is 435 g/mol. The van der Waals surface area contributed by atoms with Gasteiger partial charge in [-0.25, -0.2) is 4.79 Å². The molecule has 0 aliphatic carbocycles. The second kappa shape index (κ2) is 9.02. The second-order valence-electron chi connectivity index (χ2n) is 6.53. The molecule has 0 saturated carbocycles. The highest BCUT2D eigenvalue weighted by atomic mass is 19.4. The summed E-state index contributed by atoms with van der Waals surface area (Å²) in [6.45, 7) is 3.72. The molecule has 1 unspecified atom stereocenters. The number of hydrogen-bond acceptors (Lipinski definition) is 6. The lowest BCUT2D eigenvalue weighted by Crippen LogP contribution is -2.14. The number of ether oxygens (including phenoxy) is 2. The SMILES string of the molecule is CCOC(=O)C=Cc1cc(OC(c2ccc(C(F)(F)F)cn2)c2cn[nH]c2C)nn1C.